The summed E-state index contributed by atoms with van der Waals surface area (Å²) >= 11 is 1.24. The molecule has 0 aliphatic heterocycles. The van der Waals surface area contributed by atoms with E-state index in [2.05, 4.69) is 5.32 Å². The molecule has 1 amide bonds. The summed E-state index contributed by atoms with van der Waals surface area (Å²) in [6, 6.07) is 4.84. The van der Waals surface area contributed by atoms with Gasteiger partial charge in [0.2, 0.25) is 5.91 Å². The van der Waals surface area contributed by atoms with E-state index < -0.39 is 23.7 Å². The first-order valence-corrected chi connectivity index (χ1v) is 6.85. The molecule has 2 N–H and O–H groups in total. The lowest BCUT2D eigenvalue weighted by atomic mass is 10.1. The quantitative estimate of drug-likeness (QED) is 0.830. The van der Waals surface area contributed by atoms with Gasteiger partial charge in [0.15, 0.2) is 0 Å². The maximum absolute atomic E-state index is 13.2. The Bertz CT molecular complexity index is 557. The third-order valence-corrected chi connectivity index (χ3v) is 3.42. The van der Waals surface area contributed by atoms with E-state index in [4.69, 9.17) is 10.4 Å². The molecule has 1 atom stereocenters. The number of carbonyl (C=O) groups is 2. The standard InChI is InChI=1S/C13H13FN2O3S/c1-8(17)16-12(13(18)19)7-20-6-10-2-9(5-15)3-11(14)4-10/h2-4,12H,6-7H2,1H3,(H,16,17)(H,18,19). The van der Waals surface area contributed by atoms with Crippen molar-refractivity contribution in [2.24, 2.45) is 0 Å². The number of hydrogen-bond donors (Lipinski definition) is 2. The predicted molar refractivity (Wildman–Crippen MR) is 72.5 cm³/mol. The first-order chi connectivity index (χ1) is 9.42. The maximum Gasteiger partial charge on any atom is 0.327 e. The summed E-state index contributed by atoms with van der Waals surface area (Å²) < 4.78 is 13.2. The lowest BCUT2D eigenvalue weighted by Crippen LogP contribution is -2.41. The van der Waals surface area contributed by atoms with Gasteiger partial charge < -0.3 is 10.4 Å². The van der Waals surface area contributed by atoms with Crippen molar-refractivity contribution in [2.45, 2.75) is 18.7 Å². The Kier molecular flexibility index (Phi) is 6.00. The van der Waals surface area contributed by atoms with Crippen LogP contribution in [0, 0.1) is 17.1 Å². The van der Waals surface area contributed by atoms with Gasteiger partial charge in [-0.2, -0.15) is 17.0 Å². The second-order valence-corrected chi connectivity index (χ2v) is 5.10. The SMILES string of the molecule is CC(=O)NC(CSCc1cc(F)cc(C#N)c1)C(=O)O. The van der Waals surface area contributed by atoms with E-state index in [-0.39, 0.29) is 11.3 Å². The minimum Gasteiger partial charge on any atom is -0.480 e. The van der Waals surface area contributed by atoms with E-state index in [1.165, 1.54) is 24.8 Å². The van der Waals surface area contributed by atoms with Gasteiger partial charge in [0.25, 0.3) is 0 Å². The van der Waals surface area contributed by atoms with Crippen molar-refractivity contribution in [3.05, 3.63) is 35.1 Å². The number of nitrogens with one attached hydrogen (secondary N) is 1. The zero-order valence-electron chi connectivity index (χ0n) is 10.7. The minimum absolute atomic E-state index is 0.160. The number of carboxylic acid groups (broad SMARTS) is 1. The maximum atomic E-state index is 13.2. The molecule has 1 aromatic carbocycles. The average molecular weight is 296 g/mol. The van der Waals surface area contributed by atoms with Crippen LogP contribution in [0.25, 0.3) is 0 Å². The minimum atomic E-state index is -1.12. The number of amides is 1. The largest absolute Gasteiger partial charge is 0.480 e. The Morgan fingerprint density at radius 2 is 2.20 bits per heavy atom. The first kappa shape index (κ1) is 16.0. The number of thioether (sulfide) groups is 1. The van der Waals surface area contributed by atoms with Crippen LogP contribution in [0.3, 0.4) is 0 Å². The number of carbonyl (C=O) groups excluding carboxylic acids is 1. The molecule has 0 aliphatic carbocycles. The number of nitrogens with zero attached hydrogens (tertiary/aromatic N) is 1. The Labute approximate surface area is 119 Å². The molecule has 0 saturated heterocycles. The zero-order valence-corrected chi connectivity index (χ0v) is 11.5. The van der Waals surface area contributed by atoms with Crippen molar-refractivity contribution in [3.63, 3.8) is 0 Å². The molecular formula is C13H13FN2O3S. The second kappa shape index (κ2) is 7.50. The summed E-state index contributed by atoms with van der Waals surface area (Å²) in [5, 5.41) is 20.0. The first-order valence-electron chi connectivity index (χ1n) is 5.69. The van der Waals surface area contributed by atoms with Gasteiger partial charge in [-0.3, -0.25) is 4.79 Å². The van der Waals surface area contributed by atoms with Gasteiger partial charge in [0.05, 0.1) is 11.6 Å². The third-order valence-electron chi connectivity index (χ3n) is 2.32. The molecule has 1 aromatic rings. The van der Waals surface area contributed by atoms with Crippen LogP contribution in [0.4, 0.5) is 4.39 Å². The molecule has 7 heteroatoms. The number of carboxylic acids is 1. The zero-order chi connectivity index (χ0) is 15.1. The topological polar surface area (TPSA) is 90.2 Å². The average Bonchev–Trinajstić information content (AvgIpc) is 2.36. The summed E-state index contributed by atoms with van der Waals surface area (Å²) in [5.41, 5.74) is 0.816. The van der Waals surface area contributed by atoms with Crippen LogP contribution >= 0.6 is 11.8 Å². The molecule has 0 bridgehead atoms. The Morgan fingerprint density at radius 1 is 1.50 bits per heavy atom. The fourth-order valence-corrected chi connectivity index (χ4v) is 2.49. The van der Waals surface area contributed by atoms with Gasteiger partial charge in [-0.1, -0.05) is 0 Å². The fourth-order valence-electron chi connectivity index (χ4n) is 1.51. The van der Waals surface area contributed by atoms with E-state index in [0.29, 0.717) is 11.3 Å². The molecule has 106 valence electrons. The van der Waals surface area contributed by atoms with Crippen LogP contribution < -0.4 is 5.32 Å². The van der Waals surface area contributed by atoms with E-state index in [9.17, 15) is 14.0 Å². The molecule has 20 heavy (non-hydrogen) atoms. The van der Waals surface area contributed by atoms with Gasteiger partial charge in [-0.05, 0) is 23.8 Å². The predicted octanol–water partition coefficient (Wildman–Crippen LogP) is 1.52. The lowest BCUT2D eigenvalue weighted by Gasteiger charge is -2.12. The highest BCUT2D eigenvalue weighted by atomic mass is 32.2. The van der Waals surface area contributed by atoms with Crippen LogP contribution in [-0.4, -0.2) is 28.8 Å². The number of aliphatic carboxylic acids is 1. The highest BCUT2D eigenvalue weighted by molar-refractivity contribution is 7.98. The third kappa shape index (κ3) is 5.28. The van der Waals surface area contributed by atoms with Crippen molar-refractivity contribution < 1.29 is 19.1 Å². The Balaban J connectivity index is 2.59. The monoisotopic (exact) mass is 296 g/mol. The molecule has 0 aromatic heterocycles. The number of benzene rings is 1. The summed E-state index contributed by atoms with van der Waals surface area (Å²) in [7, 11) is 0. The van der Waals surface area contributed by atoms with Crippen LogP contribution in [0.1, 0.15) is 18.1 Å². The van der Waals surface area contributed by atoms with Gasteiger partial charge in [0.1, 0.15) is 11.9 Å². The lowest BCUT2D eigenvalue weighted by molar-refractivity contribution is -0.140. The fraction of sp³-hybridized carbons (Fsp3) is 0.308. The molecular weight excluding hydrogens is 283 g/mol. The molecule has 1 rings (SSSR count). The van der Waals surface area contributed by atoms with E-state index in [0.717, 1.165) is 6.07 Å². The molecule has 0 radical (unpaired) electrons. The number of nitriles is 1. The van der Waals surface area contributed by atoms with Crippen molar-refractivity contribution in [3.8, 4) is 6.07 Å². The van der Waals surface area contributed by atoms with E-state index in [1.54, 1.807) is 6.07 Å². The number of rotatable bonds is 6. The van der Waals surface area contributed by atoms with Gasteiger partial charge in [-0.15, -0.1) is 0 Å². The van der Waals surface area contributed by atoms with Gasteiger partial charge >= 0.3 is 5.97 Å². The molecule has 5 nitrogen and oxygen atoms in total. The summed E-state index contributed by atoms with van der Waals surface area (Å²) in [4.78, 5) is 21.8. The van der Waals surface area contributed by atoms with Crippen molar-refractivity contribution in [1.29, 1.82) is 5.26 Å². The highest BCUT2D eigenvalue weighted by Crippen LogP contribution is 2.16. The van der Waals surface area contributed by atoms with Crippen molar-refractivity contribution >= 4 is 23.6 Å². The molecule has 0 heterocycles. The number of hydrogen-bond acceptors (Lipinski definition) is 4. The molecule has 0 saturated carbocycles. The van der Waals surface area contributed by atoms with Crippen LogP contribution in [0.2, 0.25) is 0 Å². The van der Waals surface area contributed by atoms with Gasteiger partial charge in [0, 0.05) is 18.4 Å². The second-order valence-electron chi connectivity index (χ2n) is 4.07. The summed E-state index contributed by atoms with van der Waals surface area (Å²) in [5.74, 6) is -1.53. The van der Waals surface area contributed by atoms with Crippen LogP contribution in [0.5, 0.6) is 0 Å². The highest BCUT2D eigenvalue weighted by Gasteiger charge is 2.18. The van der Waals surface area contributed by atoms with Crippen molar-refractivity contribution in [1.82, 2.24) is 5.32 Å². The Morgan fingerprint density at radius 3 is 2.75 bits per heavy atom. The summed E-state index contributed by atoms with van der Waals surface area (Å²) in [6.07, 6.45) is 0. The molecule has 1 unspecified atom stereocenters. The molecule has 0 spiro atoms. The van der Waals surface area contributed by atoms with Crippen LogP contribution in [0.15, 0.2) is 18.2 Å². The van der Waals surface area contributed by atoms with E-state index >= 15 is 0 Å². The number of halogens is 1. The Hall–Kier alpha value is -2.07. The van der Waals surface area contributed by atoms with E-state index in [1.807, 2.05) is 6.07 Å². The molecule has 0 fully saturated rings. The van der Waals surface area contributed by atoms with Crippen molar-refractivity contribution in [2.75, 3.05) is 5.75 Å². The smallest absolute Gasteiger partial charge is 0.327 e. The summed E-state index contributed by atoms with van der Waals surface area (Å²) in [6.45, 7) is 1.24. The van der Waals surface area contributed by atoms with Crippen LogP contribution in [-0.2, 0) is 15.3 Å². The van der Waals surface area contributed by atoms with Gasteiger partial charge in [-0.25, -0.2) is 9.18 Å². The molecule has 0 aliphatic rings. The normalized spacial score (nSPS) is 11.4.